The van der Waals surface area contributed by atoms with Crippen molar-refractivity contribution in [3.8, 4) is 0 Å². The Balaban J connectivity index is 2.80. The zero-order valence-corrected chi connectivity index (χ0v) is 15.0. The van der Waals surface area contributed by atoms with Gasteiger partial charge in [-0.05, 0) is 26.9 Å². The fraction of sp³-hybridized carbons (Fsp3) is 0.812. The zero-order valence-electron chi connectivity index (χ0n) is 14.2. The van der Waals surface area contributed by atoms with E-state index in [4.69, 9.17) is 10.7 Å². The number of aromatic nitrogens is 1. The van der Waals surface area contributed by atoms with Gasteiger partial charge in [0.2, 0.25) is 0 Å². The summed E-state index contributed by atoms with van der Waals surface area (Å²) >= 11 is 1.74. The van der Waals surface area contributed by atoms with Crippen LogP contribution in [0.1, 0.15) is 59.2 Å². The lowest BCUT2D eigenvalue weighted by Crippen LogP contribution is -2.56. The molecule has 0 aromatic carbocycles. The summed E-state index contributed by atoms with van der Waals surface area (Å²) in [6, 6.07) is 0.0985. The lowest BCUT2D eigenvalue weighted by atomic mass is 9.90. The van der Waals surface area contributed by atoms with Crippen molar-refractivity contribution < 1.29 is 0 Å². The number of nitrogens with two attached hydrogens (primary N) is 1. The van der Waals surface area contributed by atoms with Crippen molar-refractivity contribution in [2.24, 2.45) is 5.73 Å². The second-order valence-electron chi connectivity index (χ2n) is 7.01. The lowest BCUT2D eigenvalue weighted by molar-refractivity contribution is 0.106. The van der Waals surface area contributed by atoms with Crippen molar-refractivity contribution in [3.63, 3.8) is 0 Å². The van der Waals surface area contributed by atoms with E-state index in [2.05, 4.69) is 58.7 Å². The van der Waals surface area contributed by atoms with E-state index in [-0.39, 0.29) is 17.0 Å². The average Bonchev–Trinajstić information content (AvgIpc) is 2.78. The maximum Gasteiger partial charge on any atom is 0.0944 e. The van der Waals surface area contributed by atoms with Crippen LogP contribution in [0.4, 0.5) is 0 Å². The number of thiazole rings is 1. The predicted molar refractivity (Wildman–Crippen MR) is 89.5 cm³/mol. The predicted octanol–water partition coefficient (Wildman–Crippen LogP) is 3.43. The molecule has 0 radical (unpaired) electrons. The van der Waals surface area contributed by atoms with Crippen LogP contribution in [-0.4, -0.2) is 34.6 Å². The van der Waals surface area contributed by atoms with Gasteiger partial charge < -0.3 is 5.73 Å². The van der Waals surface area contributed by atoms with Gasteiger partial charge in [0.25, 0.3) is 0 Å². The third-order valence-electron chi connectivity index (χ3n) is 4.20. The van der Waals surface area contributed by atoms with Gasteiger partial charge in [-0.2, -0.15) is 0 Å². The van der Waals surface area contributed by atoms with E-state index in [1.807, 2.05) is 0 Å². The normalized spacial score (nSPS) is 14.8. The summed E-state index contributed by atoms with van der Waals surface area (Å²) in [6.07, 6.45) is 0.851. The number of hydrogen-bond acceptors (Lipinski definition) is 4. The first-order valence-corrected chi connectivity index (χ1v) is 8.46. The molecule has 0 bridgehead atoms. The van der Waals surface area contributed by atoms with E-state index in [1.54, 1.807) is 11.3 Å². The maximum atomic E-state index is 6.48. The van der Waals surface area contributed by atoms with Gasteiger partial charge in [0.15, 0.2) is 0 Å². The molecule has 1 rings (SSSR count). The van der Waals surface area contributed by atoms with Crippen LogP contribution in [0.3, 0.4) is 0 Å². The number of nitrogens with zero attached hydrogens (tertiary/aromatic N) is 2. The fourth-order valence-electron chi connectivity index (χ4n) is 2.46. The van der Waals surface area contributed by atoms with E-state index in [9.17, 15) is 0 Å². The Kier molecular flexibility index (Phi) is 5.76. The molecule has 0 saturated carbocycles. The van der Waals surface area contributed by atoms with Crippen LogP contribution in [0.25, 0.3) is 0 Å². The maximum absolute atomic E-state index is 6.48. The standard InChI is InChI=1S/C16H31N3S/c1-8-19(9-2)16(6,7)12(17)10-14-18-13(11-20-14)15(3,4)5/h11-12H,8-10,17H2,1-7H3. The Morgan fingerprint density at radius 1 is 1.20 bits per heavy atom. The molecule has 116 valence electrons. The molecule has 0 aliphatic rings. The first-order valence-electron chi connectivity index (χ1n) is 7.58. The van der Waals surface area contributed by atoms with Crippen LogP contribution in [0.2, 0.25) is 0 Å². The van der Waals surface area contributed by atoms with Crippen molar-refractivity contribution in [2.45, 2.75) is 71.9 Å². The number of rotatable bonds is 6. The summed E-state index contributed by atoms with van der Waals surface area (Å²) in [7, 11) is 0. The molecule has 1 aromatic rings. The molecule has 0 amide bonds. The first-order chi connectivity index (χ1) is 9.12. The molecular weight excluding hydrogens is 266 g/mol. The van der Waals surface area contributed by atoms with Crippen molar-refractivity contribution in [1.29, 1.82) is 0 Å². The molecule has 0 aliphatic heterocycles. The topological polar surface area (TPSA) is 42.1 Å². The van der Waals surface area contributed by atoms with Crippen molar-refractivity contribution in [1.82, 2.24) is 9.88 Å². The van der Waals surface area contributed by atoms with E-state index in [1.165, 1.54) is 5.69 Å². The Labute approximate surface area is 128 Å². The molecule has 0 aliphatic carbocycles. The largest absolute Gasteiger partial charge is 0.326 e. The Morgan fingerprint density at radius 2 is 1.75 bits per heavy atom. The van der Waals surface area contributed by atoms with Crippen molar-refractivity contribution in [3.05, 3.63) is 16.1 Å². The molecule has 1 aromatic heterocycles. The minimum atomic E-state index is -0.00291. The van der Waals surface area contributed by atoms with E-state index >= 15 is 0 Å². The Morgan fingerprint density at radius 3 is 2.15 bits per heavy atom. The second-order valence-corrected chi connectivity index (χ2v) is 7.96. The van der Waals surface area contributed by atoms with Gasteiger partial charge in [-0.1, -0.05) is 34.6 Å². The zero-order chi connectivity index (χ0) is 15.6. The van der Waals surface area contributed by atoms with Gasteiger partial charge in [-0.3, -0.25) is 4.90 Å². The highest BCUT2D eigenvalue weighted by Crippen LogP contribution is 2.26. The molecule has 4 heteroatoms. The third kappa shape index (κ3) is 4.03. The summed E-state index contributed by atoms with van der Waals surface area (Å²) < 4.78 is 0. The highest BCUT2D eigenvalue weighted by Gasteiger charge is 2.32. The van der Waals surface area contributed by atoms with Crippen LogP contribution in [0.5, 0.6) is 0 Å². The van der Waals surface area contributed by atoms with Crippen molar-refractivity contribution >= 4 is 11.3 Å². The quantitative estimate of drug-likeness (QED) is 0.874. The summed E-state index contributed by atoms with van der Waals surface area (Å²) in [5, 5.41) is 3.33. The molecule has 20 heavy (non-hydrogen) atoms. The average molecular weight is 298 g/mol. The van der Waals surface area contributed by atoms with Crippen LogP contribution < -0.4 is 5.73 Å². The lowest BCUT2D eigenvalue weighted by Gasteiger charge is -2.41. The summed E-state index contributed by atoms with van der Waals surface area (Å²) in [5.74, 6) is 0. The highest BCUT2D eigenvalue weighted by molar-refractivity contribution is 7.09. The van der Waals surface area contributed by atoms with E-state index in [0.29, 0.717) is 0 Å². The van der Waals surface area contributed by atoms with Crippen LogP contribution in [0.15, 0.2) is 5.38 Å². The monoisotopic (exact) mass is 297 g/mol. The van der Waals surface area contributed by atoms with Gasteiger partial charge in [0.05, 0.1) is 10.7 Å². The van der Waals surface area contributed by atoms with Gasteiger partial charge >= 0.3 is 0 Å². The minimum absolute atomic E-state index is 0.00291. The van der Waals surface area contributed by atoms with E-state index in [0.717, 1.165) is 24.5 Å². The molecule has 2 N–H and O–H groups in total. The molecule has 1 unspecified atom stereocenters. The van der Waals surface area contributed by atoms with Gasteiger partial charge in [0.1, 0.15) is 0 Å². The molecule has 0 fully saturated rings. The van der Waals surface area contributed by atoms with Crippen molar-refractivity contribution in [2.75, 3.05) is 13.1 Å². The molecule has 1 heterocycles. The smallest absolute Gasteiger partial charge is 0.0944 e. The third-order valence-corrected chi connectivity index (χ3v) is 5.07. The highest BCUT2D eigenvalue weighted by atomic mass is 32.1. The van der Waals surface area contributed by atoms with Crippen LogP contribution in [-0.2, 0) is 11.8 Å². The molecule has 3 nitrogen and oxygen atoms in total. The molecule has 0 saturated heterocycles. The first kappa shape index (κ1) is 17.6. The van der Waals surface area contributed by atoms with Crippen LogP contribution >= 0.6 is 11.3 Å². The summed E-state index contributed by atoms with van der Waals surface area (Å²) in [5.41, 5.74) is 7.77. The van der Waals surface area contributed by atoms with Crippen LogP contribution in [0, 0.1) is 0 Å². The SMILES string of the molecule is CCN(CC)C(C)(C)C(N)Cc1nc(C(C)(C)C)cs1. The second kappa shape index (κ2) is 6.54. The Hall–Kier alpha value is -0.450. The van der Waals surface area contributed by atoms with Gasteiger partial charge in [-0.25, -0.2) is 4.98 Å². The molecule has 0 spiro atoms. The minimum Gasteiger partial charge on any atom is -0.326 e. The van der Waals surface area contributed by atoms with E-state index < -0.39 is 0 Å². The summed E-state index contributed by atoms with van der Waals surface area (Å²) in [6.45, 7) is 17.5. The van der Waals surface area contributed by atoms with Gasteiger partial charge in [-0.15, -0.1) is 11.3 Å². The molecular formula is C16H31N3S. The number of likely N-dealkylation sites (N-methyl/N-ethyl adjacent to an activating group) is 1. The number of hydrogen-bond donors (Lipinski definition) is 1. The molecule has 1 atom stereocenters. The summed E-state index contributed by atoms with van der Waals surface area (Å²) in [4.78, 5) is 7.19. The fourth-order valence-corrected chi connectivity index (χ4v) is 3.54. The Bertz CT molecular complexity index is 414. The van der Waals surface area contributed by atoms with Gasteiger partial charge in [0, 0.05) is 28.8 Å².